The van der Waals surface area contributed by atoms with Gasteiger partial charge in [0.1, 0.15) is 5.75 Å². The van der Waals surface area contributed by atoms with Gasteiger partial charge >= 0.3 is 29.6 Å². The predicted molar refractivity (Wildman–Crippen MR) is 588 cm³/mol. The van der Waals surface area contributed by atoms with Crippen molar-refractivity contribution in [2.24, 2.45) is 11.8 Å². The first-order valence-electron chi connectivity index (χ1n) is 48.9. The van der Waals surface area contributed by atoms with Crippen LogP contribution < -0.4 is 34.3 Å². The molecule has 0 aliphatic heterocycles. The Labute approximate surface area is 903 Å². The summed E-state index contributed by atoms with van der Waals surface area (Å²) in [5, 5.41) is 27.4. The molecule has 0 saturated heterocycles. The quantitative estimate of drug-likeness (QED) is 0.0204. The van der Waals surface area contributed by atoms with E-state index in [9.17, 15) is 94.1 Å². The van der Waals surface area contributed by atoms with Gasteiger partial charge in [-0.1, -0.05) is 264 Å². The number of ether oxygens (including phenoxy) is 1. The van der Waals surface area contributed by atoms with Crippen LogP contribution in [-0.4, -0.2) is 189 Å². The van der Waals surface area contributed by atoms with Gasteiger partial charge in [0, 0.05) is 13.2 Å². The molecule has 4 N–H and O–H groups in total. The van der Waals surface area contributed by atoms with Crippen molar-refractivity contribution in [2.75, 3.05) is 65.0 Å². The van der Waals surface area contributed by atoms with Crippen molar-refractivity contribution < 1.29 is 139 Å². The molecule has 26 nitrogen and oxygen atoms in total. The van der Waals surface area contributed by atoms with Crippen molar-refractivity contribution in [1.82, 2.24) is 4.72 Å². The fraction of sp³-hybridized carbons (Fsp3) is 0.445. The Morgan fingerprint density at radius 2 is 0.463 bits per heavy atom. The first-order valence-corrected chi connectivity index (χ1v) is 65.2. The first kappa shape index (κ1) is 137. The number of aliphatic hydroxyl groups is 3. The summed E-state index contributed by atoms with van der Waals surface area (Å²) in [6.45, 7) is 39.3. The number of aryl methyl sites for hydroxylation is 10. The van der Waals surface area contributed by atoms with Gasteiger partial charge in [0.15, 0.2) is 88.5 Å². The zero-order valence-electron chi connectivity index (χ0n) is 89.4. The zero-order chi connectivity index (χ0) is 111. The number of carbonyl (C=O) groups excluding carboxylic acids is 1. The van der Waals surface area contributed by atoms with E-state index < -0.39 is 129 Å². The standard InChI is InChI=1S/C16H17NO5S2.C13H20O3S.C12H18O3S.3C12H18O2S.2C11H16O3S.C11H16O2S.Na/c1-12-3-7-14(8-4-12)23(19,20)11-16(18)17-24(21,22)15-9-5-13(2)6-10-15;1-3-9-16-10-4-11-17(14,15)13-7-5-12(2)6-8-13;1-3-11(13)8-9-16(14,15)12-6-4-10(2)5-7-12;2*1-4-10(2)9-15(13,14)12-7-5-11(3)6-8-12;1-3-4-5-10-15(13,14)12-8-6-11(2)7-9-12;2*1-9-3-5-11(6-4-9)15(13,14)8-7-10(2)12;1-3-4-9-14(12,13)11-7-5-10(2)6-8-11;/h3-10H,11H2,1-2H3,(H,17,18);5-8H,3-4,9-11H2,1-2H3;4-7,11,13H,3,8-9H2,1-2H3;2*5-8,10H,4,9H2,1-3H3;6-9H,3-5,10H2,1-2H3;2*3-6,10,12H,7-8H2,1-2H3;5-8H,3-4,9H2,1-2H3;/q;;;;;;;;;+1/t;;11-;10-;;;10-;;;/m..00..0.../s1. The number of rotatable bonds is 42. The van der Waals surface area contributed by atoms with Crippen molar-refractivity contribution in [2.45, 2.75) is 289 Å². The van der Waals surface area contributed by atoms with Crippen LogP contribution in [0.3, 0.4) is 0 Å². The molecule has 0 aliphatic carbocycles. The van der Waals surface area contributed by atoms with Gasteiger partial charge in [0.05, 0.1) is 113 Å². The summed E-state index contributed by atoms with van der Waals surface area (Å²) >= 11 is 0. The summed E-state index contributed by atoms with van der Waals surface area (Å²) in [7, 11) is -33.1. The zero-order valence-corrected chi connectivity index (χ0v) is 99.5. The molecule has 37 heteroatoms. The summed E-state index contributed by atoms with van der Waals surface area (Å²) in [5.74, 6) is -0.452. The topological polar surface area (TPSA) is 440 Å². The third-order valence-corrected chi connectivity index (χ3v) is 40.1. The van der Waals surface area contributed by atoms with Gasteiger partial charge in [-0.15, -0.1) is 0 Å². The molecule has 10 aromatic rings. The SMILES string of the molecule is CCC(C)CS(=O)(=O)c1ccc(C)cc1.CCCCCS(=O)(=O)c1ccc(C)cc1.CCCCS(=O)(=O)c1ccc(C)cc1.CCCOCCCS(=O)(=O)c1ccc(C)cc1.CC[C@H](C)CS(=O)(=O)c1ccc(C)cc1.CC[C@H](O)CCS(=O)(=O)c1ccc(C)cc1.Cc1ccc(S(=O)(=O)CC(=O)NS(=O)(=O)c2ccc(C)cc2)cc1.Cc1ccc(S(=O)(=O)CCC(C)O)cc1.Cc1ccc(S(=O)(=O)CC[C@H](C)O)cc1.[Na+]. The molecule has 1 amide bonds. The van der Waals surface area contributed by atoms with Crippen LogP contribution in [0.25, 0.3) is 0 Å². The molecule has 812 valence electrons. The van der Waals surface area contributed by atoms with Crippen molar-refractivity contribution in [3.63, 3.8) is 0 Å². The monoisotopic (exact) mass is 2230 g/mol. The van der Waals surface area contributed by atoms with Crippen LogP contribution in [0.4, 0.5) is 0 Å². The van der Waals surface area contributed by atoms with E-state index in [-0.39, 0.29) is 110 Å². The molecule has 0 heterocycles. The van der Waals surface area contributed by atoms with Gasteiger partial charge in [-0.25, -0.2) is 88.9 Å². The van der Waals surface area contributed by atoms with Gasteiger partial charge in [0.2, 0.25) is 5.91 Å². The Bertz CT molecular complexity index is 6520. The largest absolute Gasteiger partial charge is 1.00 e. The second-order valence-electron chi connectivity index (χ2n) is 36.6. The molecule has 2 unspecified atom stereocenters. The average Bonchev–Trinajstić information content (AvgIpc) is 0.814. The molecule has 5 atom stereocenters. The molecular formula is C110H157NNaO25S10+. The molecular weight excluding hydrogens is 2080 g/mol. The summed E-state index contributed by atoms with van der Waals surface area (Å²) in [5.41, 5.74) is 10.2. The smallest absolute Gasteiger partial charge is 0.393 e. The maximum Gasteiger partial charge on any atom is 1.00 e. The molecule has 0 radical (unpaired) electrons. The molecule has 0 aliphatic rings. The Morgan fingerprint density at radius 1 is 0.252 bits per heavy atom. The van der Waals surface area contributed by atoms with E-state index in [2.05, 4.69) is 6.92 Å². The Kier molecular flexibility index (Phi) is 62.9. The van der Waals surface area contributed by atoms with E-state index >= 15 is 0 Å². The Hall–Kier alpha value is -7.99. The molecule has 0 aromatic heterocycles. The number of amides is 1. The van der Waals surface area contributed by atoms with Crippen LogP contribution >= 0.6 is 0 Å². The Morgan fingerprint density at radius 3 is 0.687 bits per heavy atom. The second-order valence-corrected chi connectivity index (χ2v) is 57.0. The summed E-state index contributed by atoms with van der Waals surface area (Å²) < 4.78 is 245. The molecule has 0 fully saturated rings. The number of sulfone groups is 9. The van der Waals surface area contributed by atoms with E-state index in [1.54, 1.807) is 190 Å². The van der Waals surface area contributed by atoms with Crippen LogP contribution in [0, 0.1) is 81.1 Å². The van der Waals surface area contributed by atoms with Crippen LogP contribution in [0.5, 0.6) is 0 Å². The molecule has 0 saturated carbocycles. The van der Waals surface area contributed by atoms with E-state index in [1.807, 2.05) is 165 Å². The van der Waals surface area contributed by atoms with Gasteiger partial charge in [0.25, 0.3) is 10.0 Å². The average molecular weight is 2240 g/mol. The number of nitrogens with one attached hydrogen (secondary N) is 1. The summed E-state index contributed by atoms with van der Waals surface area (Å²) in [6, 6.07) is 67.3. The van der Waals surface area contributed by atoms with Gasteiger partial charge in [-0.05, 0) is 268 Å². The first-order chi connectivity index (χ1) is 68.0. The predicted octanol–water partition coefficient (Wildman–Crippen LogP) is 17.3. The number of aliphatic hydroxyl groups excluding tert-OH is 3. The van der Waals surface area contributed by atoms with E-state index in [0.29, 0.717) is 71.6 Å². The number of hydrogen-bond donors (Lipinski definition) is 4. The van der Waals surface area contributed by atoms with Crippen LogP contribution in [0.2, 0.25) is 0 Å². The number of benzene rings is 10. The van der Waals surface area contributed by atoms with E-state index in [0.717, 1.165) is 107 Å². The fourth-order valence-corrected chi connectivity index (χ4v) is 26.4. The minimum atomic E-state index is -4.10. The van der Waals surface area contributed by atoms with Crippen molar-refractivity contribution in [1.29, 1.82) is 0 Å². The van der Waals surface area contributed by atoms with Crippen LogP contribution in [0.15, 0.2) is 292 Å². The minimum Gasteiger partial charge on any atom is -0.393 e. The van der Waals surface area contributed by atoms with Gasteiger partial charge < -0.3 is 20.1 Å². The number of carbonyl (C=O) groups is 1. The maximum absolute atomic E-state index is 12.2. The molecule has 0 bridgehead atoms. The number of unbranched alkanes of at least 4 members (excludes halogenated alkanes) is 3. The van der Waals surface area contributed by atoms with Crippen molar-refractivity contribution in [3.8, 4) is 0 Å². The van der Waals surface area contributed by atoms with Gasteiger partial charge in [-0.3, -0.25) is 4.79 Å². The normalized spacial score (nSPS) is 12.7. The van der Waals surface area contributed by atoms with Gasteiger partial charge in [-0.2, -0.15) is 0 Å². The van der Waals surface area contributed by atoms with Crippen LogP contribution in [0.1, 0.15) is 208 Å². The van der Waals surface area contributed by atoms with E-state index in [1.165, 1.54) is 24.3 Å². The number of sulfonamides is 1. The molecule has 0 spiro atoms. The second kappa shape index (κ2) is 67.4. The molecule has 10 rings (SSSR count). The minimum absolute atomic E-state index is 0. The third-order valence-electron chi connectivity index (χ3n) is 22.4. The van der Waals surface area contributed by atoms with Crippen molar-refractivity contribution >= 4 is 104 Å². The van der Waals surface area contributed by atoms with Crippen LogP contribution in [-0.2, 0) is 108 Å². The summed E-state index contributed by atoms with van der Waals surface area (Å²) in [6.07, 6.45) is 7.47. The summed E-state index contributed by atoms with van der Waals surface area (Å²) in [4.78, 5) is 14.9. The molecule has 147 heavy (non-hydrogen) atoms. The van der Waals surface area contributed by atoms with Crippen molar-refractivity contribution in [3.05, 3.63) is 298 Å². The maximum atomic E-state index is 12.2. The Balaban J connectivity index is 0.000000830. The van der Waals surface area contributed by atoms with E-state index in [4.69, 9.17) is 14.9 Å². The fourth-order valence-electron chi connectivity index (χ4n) is 12.4. The third kappa shape index (κ3) is 55.2. The molecule has 10 aromatic carbocycles. The number of hydrogen-bond acceptors (Lipinski definition) is 25.